The molecule has 1 aliphatic rings. The first kappa shape index (κ1) is 14.9. The van der Waals surface area contributed by atoms with E-state index in [0.717, 1.165) is 42.3 Å². The van der Waals surface area contributed by atoms with E-state index in [-0.39, 0.29) is 0 Å². The SMILES string of the molecule is CCCNCc1cc(Br)cc(C)c1OCCC1CC1. The highest BCUT2D eigenvalue weighted by Crippen LogP contribution is 2.33. The van der Waals surface area contributed by atoms with Crippen LogP contribution in [0.2, 0.25) is 0 Å². The van der Waals surface area contributed by atoms with Crippen LogP contribution in [0.15, 0.2) is 16.6 Å². The van der Waals surface area contributed by atoms with Gasteiger partial charge in [0.2, 0.25) is 0 Å². The van der Waals surface area contributed by atoms with E-state index in [1.54, 1.807) is 0 Å². The summed E-state index contributed by atoms with van der Waals surface area (Å²) in [7, 11) is 0. The lowest BCUT2D eigenvalue weighted by Gasteiger charge is -2.15. The van der Waals surface area contributed by atoms with Crippen LogP contribution in [-0.4, -0.2) is 13.2 Å². The molecule has 1 aliphatic carbocycles. The molecule has 2 rings (SSSR count). The van der Waals surface area contributed by atoms with E-state index >= 15 is 0 Å². The standard InChI is InChI=1S/C16H24BrNO/c1-3-7-18-11-14-10-15(17)9-12(2)16(14)19-8-6-13-4-5-13/h9-10,13,18H,3-8,11H2,1-2H3. The first-order valence-electron chi connectivity index (χ1n) is 7.33. The summed E-state index contributed by atoms with van der Waals surface area (Å²) in [4.78, 5) is 0. The molecular formula is C16H24BrNO. The summed E-state index contributed by atoms with van der Waals surface area (Å²) < 4.78 is 7.18. The number of rotatable bonds is 8. The van der Waals surface area contributed by atoms with Crippen molar-refractivity contribution in [1.29, 1.82) is 0 Å². The first-order chi connectivity index (χ1) is 9.20. The number of ether oxygens (including phenoxy) is 1. The maximum atomic E-state index is 6.04. The van der Waals surface area contributed by atoms with Crippen LogP contribution in [0.4, 0.5) is 0 Å². The van der Waals surface area contributed by atoms with Crippen molar-refractivity contribution in [3.05, 3.63) is 27.7 Å². The van der Waals surface area contributed by atoms with E-state index in [2.05, 4.69) is 47.2 Å². The zero-order valence-corrected chi connectivity index (χ0v) is 13.6. The third kappa shape index (κ3) is 4.81. The molecule has 0 amide bonds. The summed E-state index contributed by atoms with van der Waals surface area (Å²) in [5, 5.41) is 3.46. The second-order valence-electron chi connectivity index (χ2n) is 5.47. The highest BCUT2D eigenvalue weighted by atomic mass is 79.9. The van der Waals surface area contributed by atoms with Crippen molar-refractivity contribution in [2.24, 2.45) is 5.92 Å². The zero-order chi connectivity index (χ0) is 13.7. The highest BCUT2D eigenvalue weighted by molar-refractivity contribution is 9.10. The molecule has 0 heterocycles. The van der Waals surface area contributed by atoms with Crippen molar-refractivity contribution in [2.45, 2.75) is 46.1 Å². The molecule has 3 heteroatoms. The van der Waals surface area contributed by atoms with Gasteiger partial charge in [0.1, 0.15) is 5.75 Å². The minimum Gasteiger partial charge on any atom is -0.493 e. The molecule has 0 saturated heterocycles. The molecule has 2 nitrogen and oxygen atoms in total. The number of hydrogen-bond donors (Lipinski definition) is 1. The van der Waals surface area contributed by atoms with Crippen LogP contribution in [-0.2, 0) is 6.54 Å². The molecule has 0 aromatic heterocycles. The van der Waals surface area contributed by atoms with Crippen LogP contribution >= 0.6 is 15.9 Å². The van der Waals surface area contributed by atoms with Crippen molar-refractivity contribution in [3.8, 4) is 5.75 Å². The monoisotopic (exact) mass is 325 g/mol. The van der Waals surface area contributed by atoms with Crippen molar-refractivity contribution >= 4 is 15.9 Å². The Bertz CT molecular complexity index is 415. The van der Waals surface area contributed by atoms with Crippen molar-refractivity contribution in [2.75, 3.05) is 13.2 Å². The second kappa shape index (κ2) is 7.30. The van der Waals surface area contributed by atoms with Gasteiger partial charge < -0.3 is 10.1 Å². The fourth-order valence-corrected chi connectivity index (χ4v) is 2.89. The molecule has 19 heavy (non-hydrogen) atoms. The average molecular weight is 326 g/mol. The predicted octanol–water partition coefficient (Wildman–Crippen LogP) is 4.44. The number of halogens is 1. The molecule has 0 spiro atoms. The smallest absolute Gasteiger partial charge is 0.126 e. The summed E-state index contributed by atoms with van der Waals surface area (Å²) in [6.45, 7) is 7.10. The van der Waals surface area contributed by atoms with Gasteiger partial charge in [-0.25, -0.2) is 0 Å². The minimum atomic E-state index is 0.855. The van der Waals surface area contributed by atoms with Gasteiger partial charge in [0.05, 0.1) is 6.61 Å². The van der Waals surface area contributed by atoms with Gasteiger partial charge in [-0.15, -0.1) is 0 Å². The van der Waals surface area contributed by atoms with E-state index in [9.17, 15) is 0 Å². The minimum absolute atomic E-state index is 0.855. The lowest BCUT2D eigenvalue weighted by Crippen LogP contribution is -2.15. The number of hydrogen-bond acceptors (Lipinski definition) is 2. The van der Waals surface area contributed by atoms with Crippen LogP contribution in [0.3, 0.4) is 0 Å². The average Bonchev–Trinajstić information content (AvgIpc) is 3.16. The van der Waals surface area contributed by atoms with Crippen molar-refractivity contribution < 1.29 is 4.74 Å². The van der Waals surface area contributed by atoms with E-state index < -0.39 is 0 Å². The number of benzene rings is 1. The molecule has 0 aliphatic heterocycles. The van der Waals surface area contributed by atoms with Gasteiger partial charge in [-0.1, -0.05) is 35.7 Å². The molecule has 0 radical (unpaired) electrons. The van der Waals surface area contributed by atoms with Crippen LogP contribution in [0.1, 0.15) is 43.7 Å². The molecule has 1 saturated carbocycles. The van der Waals surface area contributed by atoms with Gasteiger partial charge in [0, 0.05) is 16.6 Å². The molecule has 106 valence electrons. The Morgan fingerprint density at radius 2 is 2.16 bits per heavy atom. The molecule has 0 atom stereocenters. The fraction of sp³-hybridized carbons (Fsp3) is 0.625. The third-order valence-corrected chi connectivity index (χ3v) is 3.99. The molecule has 1 aromatic rings. The van der Waals surface area contributed by atoms with Gasteiger partial charge in [-0.2, -0.15) is 0 Å². The summed E-state index contributed by atoms with van der Waals surface area (Å²) in [6.07, 6.45) is 5.16. The van der Waals surface area contributed by atoms with Gasteiger partial charge in [-0.05, 0) is 49.9 Å². The summed E-state index contributed by atoms with van der Waals surface area (Å²) >= 11 is 3.57. The Labute approximate surface area is 125 Å². The van der Waals surface area contributed by atoms with Crippen molar-refractivity contribution in [1.82, 2.24) is 5.32 Å². The van der Waals surface area contributed by atoms with E-state index in [4.69, 9.17) is 4.74 Å². The third-order valence-electron chi connectivity index (χ3n) is 3.53. The normalized spacial score (nSPS) is 14.7. The predicted molar refractivity (Wildman–Crippen MR) is 83.7 cm³/mol. The lowest BCUT2D eigenvalue weighted by molar-refractivity contribution is 0.297. The maximum Gasteiger partial charge on any atom is 0.126 e. The molecular weight excluding hydrogens is 302 g/mol. The molecule has 1 N–H and O–H groups in total. The highest BCUT2D eigenvalue weighted by Gasteiger charge is 2.21. The van der Waals surface area contributed by atoms with Crippen molar-refractivity contribution in [3.63, 3.8) is 0 Å². The van der Waals surface area contributed by atoms with Gasteiger partial charge in [0.15, 0.2) is 0 Å². The summed E-state index contributed by atoms with van der Waals surface area (Å²) in [5.74, 6) is 2.00. The Kier molecular flexibility index (Phi) is 5.71. The zero-order valence-electron chi connectivity index (χ0n) is 12.0. The van der Waals surface area contributed by atoms with Crippen LogP contribution in [0.5, 0.6) is 5.75 Å². The van der Waals surface area contributed by atoms with Gasteiger partial charge >= 0.3 is 0 Å². The van der Waals surface area contributed by atoms with E-state index in [1.807, 2.05) is 0 Å². The first-order valence-corrected chi connectivity index (χ1v) is 8.12. The van der Waals surface area contributed by atoms with Gasteiger partial charge in [-0.3, -0.25) is 0 Å². The Balaban J connectivity index is 1.99. The van der Waals surface area contributed by atoms with E-state index in [0.29, 0.717) is 0 Å². The summed E-state index contributed by atoms with van der Waals surface area (Å²) in [6, 6.07) is 4.30. The number of nitrogens with one attached hydrogen (secondary N) is 1. The van der Waals surface area contributed by atoms with Crippen LogP contribution in [0.25, 0.3) is 0 Å². The Morgan fingerprint density at radius 1 is 1.37 bits per heavy atom. The number of aryl methyl sites for hydroxylation is 1. The molecule has 1 fully saturated rings. The van der Waals surface area contributed by atoms with Crippen LogP contribution in [0, 0.1) is 12.8 Å². The Hall–Kier alpha value is -0.540. The quantitative estimate of drug-likeness (QED) is 0.713. The lowest BCUT2D eigenvalue weighted by atomic mass is 10.1. The topological polar surface area (TPSA) is 21.3 Å². The maximum absolute atomic E-state index is 6.04. The molecule has 0 unspecified atom stereocenters. The largest absolute Gasteiger partial charge is 0.493 e. The van der Waals surface area contributed by atoms with Crippen LogP contribution < -0.4 is 10.1 Å². The Morgan fingerprint density at radius 3 is 2.84 bits per heavy atom. The summed E-state index contributed by atoms with van der Waals surface area (Å²) in [5.41, 5.74) is 2.48. The molecule has 1 aromatic carbocycles. The van der Waals surface area contributed by atoms with E-state index in [1.165, 1.54) is 30.4 Å². The second-order valence-corrected chi connectivity index (χ2v) is 6.38. The fourth-order valence-electron chi connectivity index (χ4n) is 2.27. The van der Waals surface area contributed by atoms with Gasteiger partial charge in [0.25, 0.3) is 0 Å². The molecule has 0 bridgehead atoms.